The van der Waals surface area contributed by atoms with Crippen LogP contribution >= 0.6 is 0 Å². The summed E-state index contributed by atoms with van der Waals surface area (Å²) in [5.41, 5.74) is 0. The normalized spacial score (nSPS) is 20.7. The summed E-state index contributed by atoms with van der Waals surface area (Å²) in [4.78, 5) is 12.3. The summed E-state index contributed by atoms with van der Waals surface area (Å²) in [6.07, 6.45) is 6.82. The van der Waals surface area contributed by atoms with E-state index in [1.54, 1.807) is 0 Å². The first-order valence-electron chi connectivity index (χ1n) is 10.2. The van der Waals surface area contributed by atoms with Gasteiger partial charge in [-0.3, -0.25) is 10.0 Å². The van der Waals surface area contributed by atoms with E-state index in [0.717, 1.165) is 51.7 Å². The van der Waals surface area contributed by atoms with E-state index >= 15 is 0 Å². The van der Waals surface area contributed by atoms with Crippen LogP contribution < -0.4 is 0 Å². The minimum Gasteiger partial charge on any atom is -0.382 e. The van der Waals surface area contributed by atoms with Gasteiger partial charge in [-0.2, -0.15) is 12.7 Å². The molecule has 0 aromatic carbocycles. The van der Waals surface area contributed by atoms with E-state index in [0.29, 0.717) is 45.1 Å². The molecule has 0 radical (unpaired) electrons. The van der Waals surface area contributed by atoms with Crippen LogP contribution in [-0.2, 0) is 24.5 Å². The summed E-state index contributed by atoms with van der Waals surface area (Å²) in [5.74, 6) is -0.732. The number of carbonyl (C=O) groups is 1. The third-order valence-electron chi connectivity index (χ3n) is 5.48. The SMILES string of the molecule is CCOCCCCCC1CCN(S(=O)(=O)N(O)C(=O)C2CCOCC2)CC1. The molecule has 9 heteroatoms. The van der Waals surface area contributed by atoms with Gasteiger partial charge in [0.2, 0.25) is 0 Å². The Labute approximate surface area is 162 Å². The molecule has 1 amide bonds. The Morgan fingerprint density at radius 2 is 1.81 bits per heavy atom. The number of hydrogen-bond acceptors (Lipinski definition) is 6. The molecule has 2 heterocycles. The summed E-state index contributed by atoms with van der Waals surface area (Å²) < 4.78 is 36.9. The fourth-order valence-electron chi connectivity index (χ4n) is 3.71. The Morgan fingerprint density at radius 1 is 1.15 bits per heavy atom. The molecular weight excluding hydrogens is 372 g/mol. The lowest BCUT2D eigenvalue weighted by atomic mass is 9.92. The minimum absolute atomic E-state index is 0.0307. The van der Waals surface area contributed by atoms with Crippen molar-refractivity contribution >= 4 is 16.1 Å². The molecule has 2 saturated heterocycles. The second-order valence-corrected chi connectivity index (χ2v) is 9.12. The molecule has 0 spiro atoms. The average molecular weight is 407 g/mol. The highest BCUT2D eigenvalue weighted by atomic mass is 32.2. The summed E-state index contributed by atoms with van der Waals surface area (Å²) in [6.45, 7) is 5.09. The monoisotopic (exact) mass is 406 g/mol. The van der Waals surface area contributed by atoms with Crippen LogP contribution in [0.1, 0.15) is 58.3 Å². The number of nitrogens with zero attached hydrogens (tertiary/aromatic N) is 2. The zero-order valence-electron chi connectivity index (χ0n) is 16.3. The topological polar surface area (TPSA) is 96.4 Å². The molecule has 0 bridgehead atoms. The quantitative estimate of drug-likeness (QED) is 0.339. The van der Waals surface area contributed by atoms with E-state index in [2.05, 4.69) is 0 Å². The zero-order valence-corrected chi connectivity index (χ0v) is 17.2. The third kappa shape index (κ3) is 6.67. The van der Waals surface area contributed by atoms with E-state index in [4.69, 9.17) is 9.47 Å². The first kappa shape index (κ1) is 22.5. The predicted octanol–water partition coefficient (Wildman–Crippen LogP) is 2.18. The van der Waals surface area contributed by atoms with Crippen LogP contribution in [0.3, 0.4) is 0 Å². The van der Waals surface area contributed by atoms with E-state index < -0.39 is 22.0 Å². The van der Waals surface area contributed by atoms with Crippen molar-refractivity contribution in [2.75, 3.05) is 39.5 Å². The van der Waals surface area contributed by atoms with E-state index in [-0.39, 0.29) is 4.47 Å². The Morgan fingerprint density at radius 3 is 2.44 bits per heavy atom. The molecule has 0 aromatic heterocycles. The van der Waals surface area contributed by atoms with Crippen LogP contribution in [0, 0.1) is 11.8 Å². The van der Waals surface area contributed by atoms with Crippen LogP contribution in [0.15, 0.2) is 0 Å². The Bertz CT molecular complexity index is 542. The van der Waals surface area contributed by atoms with Gasteiger partial charge in [0.25, 0.3) is 5.91 Å². The highest BCUT2D eigenvalue weighted by molar-refractivity contribution is 7.87. The molecule has 0 aliphatic carbocycles. The van der Waals surface area contributed by atoms with Crippen molar-refractivity contribution in [3.8, 4) is 0 Å². The molecule has 27 heavy (non-hydrogen) atoms. The van der Waals surface area contributed by atoms with Gasteiger partial charge in [-0.1, -0.05) is 23.7 Å². The third-order valence-corrected chi connectivity index (χ3v) is 7.12. The first-order valence-corrected chi connectivity index (χ1v) is 11.5. The fraction of sp³-hybridized carbons (Fsp3) is 0.944. The standard InChI is InChI=1S/C18H34N2O6S/c1-2-25-13-5-3-4-6-16-7-11-19(12-8-16)27(23,24)20(22)18(21)17-9-14-26-15-10-17/h16-17,22H,2-15H2,1H3. The Balaban J connectivity index is 1.74. The van der Waals surface area contributed by atoms with Gasteiger partial charge in [-0.15, -0.1) is 0 Å². The second kappa shape index (κ2) is 11.3. The van der Waals surface area contributed by atoms with Gasteiger partial charge in [0.15, 0.2) is 0 Å². The lowest BCUT2D eigenvalue weighted by molar-refractivity contribution is -0.154. The van der Waals surface area contributed by atoms with Crippen molar-refractivity contribution in [2.45, 2.75) is 58.3 Å². The van der Waals surface area contributed by atoms with Crippen molar-refractivity contribution in [1.82, 2.24) is 8.77 Å². The van der Waals surface area contributed by atoms with Gasteiger partial charge in [-0.05, 0) is 44.9 Å². The number of ether oxygens (including phenoxy) is 2. The van der Waals surface area contributed by atoms with Gasteiger partial charge < -0.3 is 9.47 Å². The summed E-state index contributed by atoms with van der Waals surface area (Å²) in [6, 6.07) is 0. The Kier molecular flexibility index (Phi) is 9.44. The van der Waals surface area contributed by atoms with Crippen LogP contribution in [0.4, 0.5) is 0 Å². The van der Waals surface area contributed by atoms with Crippen molar-refractivity contribution in [2.24, 2.45) is 11.8 Å². The summed E-state index contributed by atoms with van der Waals surface area (Å²) in [7, 11) is -4.15. The number of hydroxylamine groups is 1. The summed E-state index contributed by atoms with van der Waals surface area (Å²) in [5, 5.41) is 10.1. The number of hydrogen-bond donors (Lipinski definition) is 1. The first-order chi connectivity index (χ1) is 13.0. The number of rotatable bonds is 10. The lowest BCUT2D eigenvalue weighted by Crippen LogP contribution is -2.50. The van der Waals surface area contributed by atoms with Gasteiger partial charge in [0, 0.05) is 45.4 Å². The molecule has 0 aromatic rings. The molecule has 0 unspecified atom stereocenters. The summed E-state index contributed by atoms with van der Waals surface area (Å²) >= 11 is 0. The van der Waals surface area contributed by atoms with Gasteiger partial charge in [0.05, 0.1) is 0 Å². The van der Waals surface area contributed by atoms with Crippen LogP contribution in [-0.4, -0.2) is 67.8 Å². The molecule has 1 N–H and O–H groups in total. The molecule has 8 nitrogen and oxygen atoms in total. The minimum atomic E-state index is -4.15. The number of unbranched alkanes of at least 4 members (excludes halogenated alkanes) is 2. The van der Waals surface area contributed by atoms with E-state index in [1.165, 1.54) is 4.31 Å². The van der Waals surface area contributed by atoms with E-state index in [1.807, 2.05) is 6.92 Å². The van der Waals surface area contributed by atoms with Gasteiger partial charge >= 0.3 is 10.2 Å². The van der Waals surface area contributed by atoms with Crippen molar-refractivity contribution in [3.63, 3.8) is 0 Å². The zero-order chi connectivity index (χ0) is 19.7. The molecular formula is C18H34N2O6S. The highest BCUT2D eigenvalue weighted by Gasteiger charge is 2.38. The van der Waals surface area contributed by atoms with Crippen LogP contribution in [0.5, 0.6) is 0 Å². The predicted molar refractivity (Wildman–Crippen MR) is 100 cm³/mol. The van der Waals surface area contributed by atoms with Crippen molar-refractivity contribution in [3.05, 3.63) is 0 Å². The van der Waals surface area contributed by atoms with Crippen molar-refractivity contribution < 1.29 is 27.9 Å². The van der Waals surface area contributed by atoms with E-state index in [9.17, 15) is 18.4 Å². The Hall–Kier alpha value is -0.740. The largest absolute Gasteiger partial charge is 0.382 e. The average Bonchev–Trinajstić information content (AvgIpc) is 2.70. The van der Waals surface area contributed by atoms with Crippen LogP contribution in [0.2, 0.25) is 0 Å². The number of piperidine rings is 1. The molecule has 158 valence electrons. The molecule has 2 aliphatic rings. The molecule has 0 saturated carbocycles. The maximum absolute atomic E-state index is 12.6. The highest BCUT2D eigenvalue weighted by Crippen LogP contribution is 2.26. The molecule has 0 atom stereocenters. The van der Waals surface area contributed by atoms with Gasteiger partial charge in [0.1, 0.15) is 0 Å². The molecule has 2 rings (SSSR count). The maximum Gasteiger partial charge on any atom is 0.329 e. The van der Waals surface area contributed by atoms with Gasteiger partial charge in [-0.25, -0.2) is 0 Å². The smallest absolute Gasteiger partial charge is 0.329 e. The molecule has 2 aliphatic heterocycles. The van der Waals surface area contributed by atoms with Crippen LogP contribution in [0.25, 0.3) is 0 Å². The number of amides is 1. The fourth-order valence-corrected chi connectivity index (χ4v) is 4.98. The number of carbonyl (C=O) groups excluding carboxylic acids is 1. The molecule has 2 fully saturated rings. The van der Waals surface area contributed by atoms with Crippen molar-refractivity contribution in [1.29, 1.82) is 0 Å². The second-order valence-electron chi connectivity index (χ2n) is 7.36. The maximum atomic E-state index is 12.6. The lowest BCUT2D eigenvalue weighted by Gasteiger charge is -2.33.